The Bertz CT molecular complexity index is 1270. The lowest BCUT2D eigenvalue weighted by atomic mass is 9.95. The Morgan fingerprint density at radius 3 is 2.45 bits per heavy atom. The maximum absolute atomic E-state index is 11.4. The van der Waals surface area contributed by atoms with Crippen molar-refractivity contribution in [2.75, 3.05) is 19.1 Å². The number of benzene rings is 3. The Hall–Kier alpha value is -3.48. The first-order valence-corrected chi connectivity index (χ1v) is 10.7. The molecule has 2 N–H and O–H groups in total. The van der Waals surface area contributed by atoms with E-state index in [1.54, 1.807) is 20.3 Å². The number of aryl methyl sites for hydroxylation is 1. The van der Waals surface area contributed by atoms with E-state index in [9.17, 15) is 15.0 Å². The van der Waals surface area contributed by atoms with Gasteiger partial charge in [0.1, 0.15) is 17.1 Å². The number of anilines is 2. The highest BCUT2D eigenvalue weighted by Crippen LogP contribution is 2.55. The van der Waals surface area contributed by atoms with Gasteiger partial charge in [0.15, 0.2) is 5.72 Å². The zero-order valence-corrected chi connectivity index (χ0v) is 19.5. The third-order valence-corrected chi connectivity index (χ3v) is 6.42. The Labute approximate surface area is 197 Å². The number of carboxylic acid groups (broad SMARTS) is 1. The van der Waals surface area contributed by atoms with Crippen molar-refractivity contribution in [3.8, 4) is 11.5 Å². The maximum atomic E-state index is 11.4. The molecule has 0 amide bonds. The van der Waals surface area contributed by atoms with Gasteiger partial charge in [-0.15, -0.1) is 0 Å². The number of ether oxygens (including phenoxy) is 2. The molecule has 1 heterocycles. The molecule has 0 saturated heterocycles. The van der Waals surface area contributed by atoms with Crippen LogP contribution in [0, 0.1) is 6.92 Å². The molecule has 0 aliphatic carbocycles. The average molecular weight is 466 g/mol. The molecule has 1 aliphatic heterocycles. The molecule has 33 heavy (non-hydrogen) atoms. The molecule has 0 spiro atoms. The van der Waals surface area contributed by atoms with Gasteiger partial charge < -0.3 is 24.6 Å². The number of fused-ring (bicyclic) bond motifs is 1. The van der Waals surface area contributed by atoms with Crippen LogP contribution in [-0.4, -0.2) is 36.1 Å². The van der Waals surface area contributed by atoms with Crippen molar-refractivity contribution in [2.45, 2.75) is 19.6 Å². The highest BCUT2D eigenvalue weighted by atomic mass is 35.5. The standard InChI is InChI=1S/C26H24ClNO5/c1-15-7-5-8-20(27)18(15)14-19-24-21(9-6-10-23(24)32-3)28(26(19,2)33-4)16-11-12-17(25(30)31)22(29)13-16/h5-14,29H,1-4H3,(H,30,31)/b19-14-. The van der Waals surface area contributed by atoms with E-state index in [1.807, 2.05) is 61.2 Å². The van der Waals surface area contributed by atoms with Crippen LogP contribution in [0.25, 0.3) is 11.6 Å². The van der Waals surface area contributed by atoms with E-state index >= 15 is 0 Å². The summed E-state index contributed by atoms with van der Waals surface area (Å²) in [4.78, 5) is 13.3. The highest BCUT2D eigenvalue weighted by Gasteiger charge is 2.47. The van der Waals surface area contributed by atoms with Crippen molar-refractivity contribution in [1.82, 2.24) is 0 Å². The number of rotatable bonds is 5. The van der Waals surface area contributed by atoms with Crippen LogP contribution in [0.4, 0.5) is 11.4 Å². The summed E-state index contributed by atoms with van der Waals surface area (Å²) in [5.41, 5.74) is 3.67. The molecule has 170 valence electrons. The van der Waals surface area contributed by atoms with Crippen molar-refractivity contribution in [3.63, 3.8) is 0 Å². The van der Waals surface area contributed by atoms with Crippen LogP contribution in [0.5, 0.6) is 11.5 Å². The molecule has 0 saturated carbocycles. The Morgan fingerprint density at radius 1 is 1.12 bits per heavy atom. The van der Waals surface area contributed by atoms with Crippen LogP contribution in [-0.2, 0) is 4.74 Å². The highest BCUT2D eigenvalue weighted by molar-refractivity contribution is 6.32. The summed E-state index contributed by atoms with van der Waals surface area (Å²) in [6.45, 7) is 3.90. The van der Waals surface area contributed by atoms with Crippen LogP contribution in [0.2, 0.25) is 5.02 Å². The lowest BCUT2D eigenvalue weighted by molar-refractivity contribution is 0.0680. The van der Waals surface area contributed by atoms with Crippen molar-refractivity contribution >= 4 is 40.6 Å². The monoisotopic (exact) mass is 465 g/mol. The molecule has 1 unspecified atom stereocenters. The summed E-state index contributed by atoms with van der Waals surface area (Å²) in [6.07, 6.45) is 1.99. The van der Waals surface area contributed by atoms with Crippen molar-refractivity contribution in [1.29, 1.82) is 0 Å². The third-order valence-electron chi connectivity index (χ3n) is 6.09. The summed E-state index contributed by atoms with van der Waals surface area (Å²) >= 11 is 6.55. The minimum absolute atomic E-state index is 0.176. The van der Waals surface area contributed by atoms with E-state index < -0.39 is 11.7 Å². The molecular weight excluding hydrogens is 442 g/mol. The SMILES string of the molecule is COc1cccc2c1/C(=C/c1c(C)cccc1Cl)C(C)(OC)N2c1ccc(C(=O)O)c(O)c1. The first-order chi connectivity index (χ1) is 15.7. The van der Waals surface area contributed by atoms with E-state index in [2.05, 4.69) is 0 Å². The molecule has 0 radical (unpaired) electrons. The Morgan fingerprint density at radius 2 is 1.85 bits per heavy atom. The maximum Gasteiger partial charge on any atom is 0.339 e. The number of phenols is 1. The summed E-state index contributed by atoms with van der Waals surface area (Å²) in [6, 6.07) is 15.8. The molecule has 0 aromatic heterocycles. The van der Waals surface area contributed by atoms with Crippen molar-refractivity contribution < 1.29 is 24.5 Å². The van der Waals surface area contributed by atoms with E-state index in [0.29, 0.717) is 16.5 Å². The van der Waals surface area contributed by atoms with Gasteiger partial charge in [-0.25, -0.2) is 4.79 Å². The zero-order chi connectivity index (χ0) is 23.9. The Kier molecular flexibility index (Phi) is 5.82. The van der Waals surface area contributed by atoms with E-state index in [-0.39, 0.29) is 11.3 Å². The largest absolute Gasteiger partial charge is 0.507 e. The quantitative estimate of drug-likeness (QED) is 0.473. The number of methoxy groups -OCH3 is 2. The number of halogens is 1. The minimum Gasteiger partial charge on any atom is -0.507 e. The summed E-state index contributed by atoms with van der Waals surface area (Å²) in [5, 5.41) is 20.3. The number of hydrogen-bond donors (Lipinski definition) is 2. The van der Waals surface area contributed by atoms with Gasteiger partial charge in [0.2, 0.25) is 0 Å². The molecule has 3 aromatic rings. The number of aromatic carboxylic acids is 1. The summed E-state index contributed by atoms with van der Waals surface area (Å²) in [7, 11) is 3.21. The average Bonchev–Trinajstić information content (AvgIpc) is 3.04. The third kappa shape index (κ3) is 3.61. The van der Waals surface area contributed by atoms with Gasteiger partial charge in [-0.2, -0.15) is 0 Å². The second-order valence-electron chi connectivity index (χ2n) is 7.91. The fourth-order valence-electron chi connectivity index (χ4n) is 4.33. The van der Waals surface area contributed by atoms with Gasteiger partial charge in [0, 0.05) is 35.0 Å². The zero-order valence-electron chi connectivity index (χ0n) is 18.7. The van der Waals surface area contributed by atoms with Crippen LogP contribution < -0.4 is 9.64 Å². The molecule has 3 aromatic carbocycles. The van der Waals surface area contributed by atoms with Gasteiger partial charge in [0.05, 0.1) is 12.8 Å². The molecule has 7 heteroatoms. The second-order valence-corrected chi connectivity index (χ2v) is 8.32. The van der Waals surface area contributed by atoms with E-state index in [1.165, 1.54) is 12.1 Å². The summed E-state index contributed by atoms with van der Waals surface area (Å²) in [5.74, 6) is -0.880. The molecule has 4 rings (SSSR count). The first-order valence-electron chi connectivity index (χ1n) is 10.3. The topological polar surface area (TPSA) is 79.2 Å². The molecular formula is C26H24ClNO5. The smallest absolute Gasteiger partial charge is 0.339 e. The number of nitrogens with zero attached hydrogens (tertiary/aromatic N) is 1. The lowest BCUT2D eigenvalue weighted by Gasteiger charge is -2.37. The van der Waals surface area contributed by atoms with E-state index in [4.69, 9.17) is 21.1 Å². The van der Waals surface area contributed by atoms with Gasteiger partial charge in [-0.1, -0.05) is 29.8 Å². The second kappa shape index (κ2) is 8.46. The van der Waals surface area contributed by atoms with Crippen LogP contribution in [0.1, 0.15) is 34.0 Å². The van der Waals surface area contributed by atoms with Crippen molar-refractivity contribution in [3.05, 3.63) is 81.9 Å². The molecule has 1 aliphatic rings. The summed E-state index contributed by atoms with van der Waals surface area (Å²) < 4.78 is 11.8. The number of carboxylic acids is 1. The van der Waals surface area contributed by atoms with Crippen molar-refractivity contribution in [2.24, 2.45) is 0 Å². The first kappa shape index (κ1) is 22.7. The predicted molar refractivity (Wildman–Crippen MR) is 130 cm³/mol. The lowest BCUT2D eigenvalue weighted by Crippen LogP contribution is -2.42. The fourth-order valence-corrected chi connectivity index (χ4v) is 4.61. The molecule has 0 bridgehead atoms. The fraction of sp³-hybridized carbons (Fsp3) is 0.192. The minimum atomic E-state index is -1.20. The number of hydrogen-bond acceptors (Lipinski definition) is 5. The molecule has 1 atom stereocenters. The van der Waals surface area contributed by atoms with Gasteiger partial charge >= 0.3 is 5.97 Å². The normalized spacial score (nSPS) is 18.5. The molecule has 6 nitrogen and oxygen atoms in total. The number of carbonyl (C=O) groups is 1. The van der Waals surface area contributed by atoms with Crippen LogP contribution >= 0.6 is 11.6 Å². The van der Waals surface area contributed by atoms with Crippen LogP contribution in [0.3, 0.4) is 0 Å². The van der Waals surface area contributed by atoms with E-state index in [0.717, 1.165) is 28.0 Å². The number of aromatic hydroxyl groups is 1. The van der Waals surface area contributed by atoms with Gasteiger partial charge in [0.25, 0.3) is 0 Å². The molecule has 0 fully saturated rings. The Balaban J connectivity index is 2.02. The van der Waals surface area contributed by atoms with Crippen LogP contribution in [0.15, 0.2) is 54.6 Å². The predicted octanol–water partition coefficient (Wildman–Crippen LogP) is 6.12. The van der Waals surface area contributed by atoms with Gasteiger partial charge in [-0.3, -0.25) is 0 Å². The van der Waals surface area contributed by atoms with Gasteiger partial charge in [-0.05, 0) is 61.4 Å².